The Labute approximate surface area is 78.9 Å². The van der Waals surface area contributed by atoms with Crippen LogP contribution in [-0.4, -0.2) is 25.9 Å². The van der Waals surface area contributed by atoms with E-state index in [1.807, 2.05) is 6.92 Å². The molecule has 2 atom stereocenters. The van der Waals surface area contributed by atoms with Crippen LogP contribution in [0.4, 0.5) is 0 Å². The minimum absolute atomic E-state index is 0.382. The van der Waals surface area contributed by atoms with Gasteiger partial charge in [0, 0.05) is 0 Å². The third-order valence-corrected chi connectivity index (χ3v) is 2.66. The summed E-state index contributed by atoms with van der Waals surface area (Å²) in [5, 5.41) is 0. The summed E-state index contributed by atoms with van der Waals surface area (Å²) in [4.78, 5) is 0. The first-order valence-corrected chi connectivity index (χ1v) is 4.59. The van der Waals surface area contributed by atoms with Crippen LogP contribution in [0, 0.1) is 17.8 Å². The quantitative estimate of drug-likeness (QED) is 0.548. The van der Waals surface area contributed by atoms with E-state index >= 15 is 0 Å². The van der Waals surface area contributed by atoms with Crippen LogP contribution in [0.15, 0.2) is 0 Å². The first-order chi connectivity index (χ1) is 5.37. The minimum atomic E-state index is 0.382. The standard InChI is InChI=1S/C10H18B2/c1-6(2)10(12)8(4)7(3)9(5)11/h6-8H,1-5H3. The Morgan fingerprint density at radius 2 is 1.33 bits per heavy atom. The maximum atomic E-state index is 5.95. The number of hydrogen-bond donors (Lipinski definition) is 0. The Hall–Kier alpha value is -0.130. The molecule has 0 aliphatic heterocycles. The first kappa shape index (κ1) is 11.9. The Kier molecular flexibility index (Phi) is 4.74. The van der Waals surface area contributed by atoms with Gasteiger partial charge in [-0.25, -0.2) is 0 Å². The van der Waals surface area contributed by atoms with E-state index in [1.165, 1.54) is 0 Å². The molecule has 0 aliphatic carbocycles. The molecule has 0 aromatic heterocycles. The van der Waals surface area contributed by atoms with E-state index in [1.54, 1.807) is 0 Å². The first-order valence-electron chi connectivity index (χ1n) is 4.59. The third kappa shape index (κ3) is 3.08. The normalized spacial score (nSPS) is 15.7. The molecule has 64 valence electrons. The van der Waals surface area contributed by atoms with Gasteiger partial charge in [-0.3, -0.25) is 0 Å². The second-order valence-electron chi connectivity index (χ2n) is 3.98. The molecule has 0 fully saturated rings. The summed E-state index contributed by atoms with van der Waals surface area (Å²) in [6, 6.07) is 0. The molecule has 0 aromatic carbocycles. The van der Waals surface area contributed by atoms with Gasteiger partial charge in [0.15, 0.2) is 0 Å². The Bertz CT molecular complexity index is 182. The van der Waals surface area contributed by atoms with Crippen molar-refractivity contribution in [3.63, 3.8) is 0 Å². The summed E-state index contributed by atoms with van der Waals surface area (Å²) in [5.41, 5.74) is 2.01. The van der Waals surface area contributed by atoms with Gasteiger partial charge in [0.25, 0.3) is 0 Å². The number of rotatable bonds is 4. The van der Waals surface area contributed by atoms with Crippen molar-refractivity contribution in [2.75, 3.05) is 0 Å². The second kappa shape index (κ2) is 4.79. The van der Waals surface area contributed by atoms with Gasteiger partial charge in [-0.1, -0.05) is 0 Å². The van der Waals surface area contributed by atoms with Crippen LogP contribution in [0.2, 0.25) is 0 Å². The summed E-state index contributed by atoms with van der Waals surface area (Å²) in [7, 11) is 11.7. The van der Waals surface area contributed by atoms with E-state index in [9.17, 15) is 0 Å². The molecule has 0 saturated carbocycles. The van der Waals surface area contributed by atoms with Gasteiger partial charge in [-0.05, 0) is 0 Å². The predicted octanol–water partition coefficient (Wildman–Crippen LogP) is 1.62. The van der Waals surface area contributed by atoms with Gasteiger partial charge in [-0.2, -0.15) is 0 Å². The van der Waals surface area contributed by atoms with Gasteiger partial charge in [-0.15, -0.1) is 0 Å². The zero-order valence-corrected chi connectivity index (χ0v) is 8.89. The fourth-order valence-corrected chi connectivity index (χ4v) is 1.21. The molecule has 0 nitrogen and oxygen atoms in total. The molecule has 2 radical (unpaired) electrons. The molecule has 2 unspecified atom stereocenters. The fraction of sp³-hybridized carbons (Fsp3) is 0.800. The molecule has 0 bridgehead atoms. The van der Waals surface area contributed by atoms with E-state index in [4.69, 9.17) is 15.0 Å². The maximum absolute atomic E-state index is 5.95. The molecule has 0 N–H and O–H groups in total. The second-order valence-corrected chi connectivity index (χ2v) is 3.98. The van der Waals surface area contributed by atoms with Crippen LogP contribution < -0.4 is 0 Å². The average Bonchev–Trinajstić information content (AvgIpc) is 2.00. The molecule has 0 amide bonds. The van der Waals surface area contributed by atoms with E-state index in [2.05, 4.69) is 27.7 Å². The summed E-state index contributed by atoms with van der Waals surface area (Å²) in [5.74, 6) is 1.21. The van der Waals surface area contributed by atoms with E-state index < -0.39 is 0 Å². The van der Waals surface area contributed by atoms with Crippen LogP contribution in [0.25, 0.3) is 0 Å². The molecule has 0 saturated heterocycles. The van der Waals surface area contributed by atoms with E-state index in [0.717, 1.165) is 10.9 Å². The van der Waals surface area contributed by atoms with Crippen LogP contribution in [-0.2, 0) is 0 Å². The monoisotopic (exact) mass is 160 g/mol. The van der Waals surface area contributed by atoms with Crippen LogP contribution >= 0.6 is 0 Å². The van der Waals surface area contributed by atoms with Crippen molar-refractivity contribution < 1.29 is 0 Å². The molecule has 12 heavy (non-hydrogen) atoms. The summed E-state index contributed by atoms with van der Waals surface area (Å²) < 4.78 is 0. The SMILES string of the molecule is [B]=C(C)C(C)C(C)C(=[B])C(C)C. The topological polar surface area (TPSA) is 0 Å². The van der Waals surface area contributed by atoms with Crippen molar-refractivity contribution in [2.45, 2.75) is 34.6 Å². The average molecular weight is 160 g/mol. The molecular weight excluding hydrogens is 142 g/mol. The Morgan fingerprint density at radius 3 is 1.58 bits per heavy atom. The van der Waals surface area contributed by atoms with Gasteiger partial charge in [0.2, 0.25) is 0 Å². The van der Waals surface area contributed by atoms with Gasteiger partial charge in [0.05, 0.1) is 0 Å². The van der Waals surface area contributed by atoms with Crippen molar-refractivity contribution in [3.8, 4) is 0 Å². The van der Waals surface area contributed by atoms with Crippen molar-refractivity contribution in [1.29, 1.82) is 0 Å². The molecule has 2 heteroatoms. The summed E-state index contributed by atoms with van der Waals surface area (Å²) >= 11 is 0. The molecular formula is C10H18B2. The molecule has 0 heterocycles. The van der Waals surface area contributed by atoms with Crippen LogP contribution in [0.1, 0.15) is 34.6 Å². The predicted molar refractivity (Wildman–Crippen MR) is 60.4 cm³/mol. The van der Waals surface area contributed by atoms with Gasteiger partial charge < -0.3 is 0 Å². The van der Waals surface area contributed by atoms with Crippen molar-refractivity contribution in [1.82, 2.24) is 0 Å². The summed E-state index contributed by atoms with van der Waals surface area (Å²) in [6.07, 6.45) is 0. The molecule has 0 rings (SSSR count). The molecule has 0 aromatic rings. The van der Waals surface area contributed by atoms with Crippen molar-refractivity contribution >= 4 is 25.9 Å². The Balaban J connectivity index is 4.29. The third-order valence-electron chi connectivity index (χ3n) is 2.66. The molecule has 0 aliphatic rings. The van der Waals surface area contributed by atoms with Gasteiger partial charge >= 0.3 is 78.3 Å². The Morgan fingerprint density at radius 1 is 0.917 bits per heavy atom. The van der Waals surface area contributed by atoms with Crippen LogP contribution in [0.3, 0.4) is 0 Å². The van der Waals surface area contributed by atoms with E-state index in [0.29, 0.717) is 17.8 Å². The summed E-state index contributed by atoms with van der Waals surface area (Å²) in [6.45, 7) is 10.4. The zero-order chi connectivity index (χ0) is 9.89. The van der Waals surface area contributed by atoms with Crippen molar-refractivity contribution in [2.24, 2.45) is 17.8 Å². The van der Waals surface area contributed by atoms with Gasteiger partial charge in [0.1, 0.15) is 0 Å². The zero-order valence-electron chi connectivity index (χ0n) is 8.89. The van der Waals surface area contributed by atoms with Crippen molar-refractivity contribution in [3.05, 3.63) is 0 Å². The van der Waals surface area contributed by atoms with E-state index in [-0.39, 0.29) is 0 Å². The molecule has 0 spiro atoms. The fourth-order valence-electron chi connectivity index (χ4n) is 1.21. The van der Waals surface area contributed by atoms with Crippen LogP contribution in [0.5, 0.6) is 0 Å². The number of hydrogen-bond acceptors (Lipinski definition) is 0.